The van der Waals surface area contributed by atoms with Crippen LogP contribution in [0, 0.1) is 12.8 Å². The van der Waals surface area contributed by atoms with Crippen molar-refractivity contribution >= 4 is 43.2 Å². The van der Waals surface area contributed by atoms with E-state index in [0.717, 1.165) is 28.6 Å². The Balaban J connectivity index is 1.44. The van der Waals surface area contributed by atoms with Gasteiger partial charge in [0.15, 0.2) is 0 Å². The molecule has 1 atom stereocenters. The van der Waals surface area contributed by atoms with E-state index >= 15 is 0 Å². The van der Waals surface area contributed by atoms with E-state index in [4.69, 9.17) is 0 Å². The van der Waals surface area contributed by atoms with E-state index < -0.39 is 10.0 Å². The number of anilines is 2. The van der Waals surface area contributed by atoms with Crippen molar-refractivity contribution in [2.75, 3.05) is 36.0 Å². The fourth-order valence-corrected chi connectivity index (χ4v) is 7.27. The van der Waals surface area contributed by atoms with Gasteiger partial charge in [-0.15, -0.1) is 0 Å². The summed E-state index contributed by atoms with van der Waals surface area (Å²) in [6.07, 6.45) is 2.50. The molecule has 0 unspecified atom stereocenters. The zero-order chi connectivity index (χ0) is 22.6. The lowest BCUT2D eigenvalue weighted by Gasteiger charge is -2.41. The van der Waals surface area contributed by atoms with Crippen molar-refractivity contribution < 1.29 is 13.2 Å². The standard InChI is InChI=1S/C24H28BrN3O3S/c1-16-3-7-21(8-4-16)27-12-11-26(15-17(27)2)32(30,31)22-14-20(25)13-19-9-10-28(23(19)22)24(29)18-5-6-18/h3-4,7-8,13-14,17-18H,5-6,9-12,15H2,1-2H3/t17-/m0/s1. The first-order chi connectivity index (χ1) is 15.3. The third-order valence-electron chi connectivity index (χ3n) is 6.76. The lowest BCUT2D eigenvalue weighted by atomic mass is 10.1. The second-order valence-electron chi connectivity index (χ2n) is 9.17. The minimum Gasteiger partial charge on any atom is -0.366 e. The zero-order valence-electron chi connectivity index (χ0n) is 18.4. The van der Waals surface area contributed by atoms with Crippen molar-refractivity contribution in [2.24, 2.45) is 5.92 Å². The van der Waals surface area contributed by atoms with E-state index in [0.29, 0.717) is 38.3 Å². The maximum Gasteiger partial charge on any atom is 0.245 e. The maximum absolute atomic E-state index is 13.8. The van der Waals surface area contributed by atoms with Crippen LogP contribution in [-0.4, -0.2) is 50.9 Å². The second kappa shape index (κ2) is 8.15. The highest BCUT2D eigenvalue weighted by atomic mass is 79.9. The highest BCUT2D eigenvalue weighted by molar-refractivity contribution is 9.10. The summed E-state index contributed by atoms with van der Waals surface area (Å²) < 4.78 is 30.0. The Kier molecular flexibility index (Phi) is 5.58. The summed E-state index contributed by atoms with van der Waals surface area (Å²) in [6.45, 7) is 6.14. The first-order valence-electron chi connectivity index (χ1n) is 11.2. The van der Waals surface area contributed by atoms with Crippen LogP contribution in [0.3, 0.4) is 0 Å². The molecule has 3 aliphatic rings. The van der Waals surface area contributed by atoms with Gasteiger partial charge in [-0.25, -0.2) is 8.42 Å². The van der Waals surface area contributed by atoms with Gasteiger partial charge in [-0.05, 0) is 62.9 Å². The van der Waals surface area contributed by atoms with Gasteiger partial charge >= 0.3 is 0 Å². The number of hydrogen-bond donors (Lipinski definition) is 0. The number of aryl methyl sites for hydroxylation is 1. The summed E-state index contributed by atoms with van der Waals surface area (Å²) >= 11 is 3.49. The van der Waals surface area contributed by atoms with Gasteiger partial charge in [-0.1, -0.05) is 33.6 Å². The number of piperazine rings is 1. The number of rotatable bonds is 4. The first-order valence-corrected chi connectivity index (χ1v) is 13.5. The van der Waals surface area contributed by atoms with Crippen LogP contribution in [-0.2, 0) is 21.2 Å². The number of amides is 1. The topological polar surface area (TPSA) is 60.9 Å². The Morgan fingerprint density at radius 1 is 1.06 bits per heavy atom. The zero-order valence-corrected chi connectivity index (χ0v) is 20.8. The summed E-state index contributed by atoms with van der Waals surface area (Å²) in [7, 11) is -3.74. The largest absolute Gasteiger partial charge is 0.366 e. The molecule has 2 aliphatic heterocycles. The fourth-order valence-electron chi connectivity index (χ4n) is 4.84. The van der Waals surface area contributed by atoms with Gasteiger partial charge in [0, 0.05) is 48.3 Å². The third-order valence-corrected chi connectivity index (χ3v) is 9.10. The number of carbonyl (C=O) groups is 1. The van der Waals surface area contributed by atoms with Gasteiger partial charge in [-0.3, -0.25) is 4.79 Å². The van der Waals surface area contributed by atoms with Crippen LogP contribution in [0.2, 0.25) is 0 Å². The fraction of sp³-hybridized carbons (Fsp3) is 0.458. The Hall–Kier alpha value is -1.90. The molecule has 2 heterocycles. The van der Waals surface area contributed by atoms with Crippen LogP contribution in [0.5, 0.6) is 0 Å². The maximum atomic E-state index is 13.8. The third kappa shape index (κ3) is 3.86. The Morgan fingerprint density at radius 3 is 2.44 bits per heavy atom. The predicted octanol–water partition coefficient (Wildman–Crippen LogP) is 3.96. The number of hydrogen-bond acceptors (Lipinski definition) is 4. The van der Waals surface area contributed by atoms with Crippen molar-refractivity contribution in [2.45, 2.75) is 44.0 Å². The Morgan fingerprint density at radius 2 is 1.78 bits per heavy atom. The normalized spacial score (nSPS) is 21.7. The monoisotopic (exact) mass is 517 g/mol. The molecule has 0 spiro atoms. The first kappa shape index (κ1) is 21.9. The molecule has 8 heteroatoms. The van der Waals surface area contributed by atoms with E-state index in [-0.39, 0.29) is 22.8 Å². The Bertz CT molecular complexity index is 1160. The molecule has 6 nitrogen and oxygen atoms in total. The quantitative estimate of drug-likeness (QED) is 0.615. The summed E-state index contributed by atoms with van der Waals surface area (Å²) in [4.78, 5) is 17.1. The van der Waals surface area contributed by atoms with Gasteiger partial charge in [-0.2, -0.15) is 4.31 Å². The van der Waals surface area contributed by atoms with Gasteiger partial charge in [0.1, 0.15) is 4.90 Å². The van der Waals surface area contributed by atoms with Crippen LogP contribution >= 0.6 is 15.9 Å². The smallest absolute Gasteiger partial charge is 0.245 e. The summed E-state index contributed by atoms with van der Waals surface area (Å²) in [5, 5.41) is 0. The second-order valence-corrected chi connectivity index (χ2v) is 12.0. The summed E-state index contributed by atoms with van der Waals surface area (Å²) in [5.41, 5.74) is 3.85. The molecule has 1 saturated carbocycles. The number of halogens is 1. The molecule has 1 aliphatic carbocycles. The van der Waals surface area contributed by atoms with Gasteiger partial charge in [0.05, 0.1) is 5.69 Å². The minimum absolute atomic E-state index is 0.0469. The predicted molar refractivity (Wildman–Crippen MR) is 130 cm³/mol. The summed E-state index contributed by atoms with van der Waals surface area (Å²) in [6, 6.07) is 12.0. The number of nitrogens with zero attached hydrogens (tertiary/aromatic N) is 3. The van der Waals surface area contributed by atoms with Crippen molar-refractivity contribution in [1.29, 1.82) is 0 Å². The van der Waals surface area contributed by atoms with E-state index in [1.807, 2.05) is 6.07 Å². The molecule has 5 rings (SSSR count). The molecular weight excluding hydrogens is 490 g/mol. The average Bonchev–Trinajstić information content (AvgIpc) is 3.53. The molecule has 0 N–H and O–H groups in total. The molecule has 2 aromatic rings. The molecule has 32 heavy (non-hydrogen) atoms. The van der Waals surface area contributed by atoms with E-state index in [2.05, 4.69) is 58.9 Å². The van der Waals surface area contributed by atoms with Gasteiger partial charge < -0.3 is 9.80 Å². The van der Waals surface area contributed by atoms with Crippen molar-refractivity contribution in [3.8, 4) is 0 Å². The molecule has 1 saturated heterocycles. The Labute approximate surface area is 198 Å². The molecule has 1 amide bonds. The molecule has 2 fully saturated rings. The van der Waals surface area contributed by atoms with Crippen LogP contribution in [0.25, 0.3) is 0 Å². The number of carbonyl (C=O) groups excluding carboxylic acids is 1. The lowest BCUT2D eigenvalue weighted by molar-refractivity contribution is -0.119. The van der Waals surface area contributed by atoms with Crippen molar-refractivity contribution in [3.63, 3.8) is 0 Å². The number of fused-ring (bicyclic) bond motifs is 1. The molecule has 2 aromatic carbocycles. The van der Waals surface area contributed by atoms with Crippen LogP contribution in [0.15, 0.2) is 45.8 Å². The molecular formula is C24H28BrN3O3S. The molecule has 170 valence electrons. The van der Waals surface area contributed by atoms with Crippen LogP contribution < -0.4 is 9.80 Å². The van der Waals surface area contributed by atoms with Crippen molar-refractivity contribution in [3.05, 3.63) is 52.0 Å². The SMILES string of the molecule is Cc1ccc(N2CCN(S(=O)(=O)c3cc(Br)cc4c3N(C(=O)C3CC3)CC4)C[C@@H]2C)cc1. The highest BCUT2D eigenvalue weighted by Crippen LogP contribution is 2.42. The highest BCUT2D eigenvalue weighted by Gasteiger charge is 2.41. The van der Waals surface area contributed by atoms with Gasteiger partial charge in [0.25, 0.3) is 0 Å². The van der Waals surface area contributed by atoms with Crippen LogP contribution in [0.1, 0.15) is 30.9 Å². The molecule has 0 aromatic heterocycles. The van der Waals surface area contributed by atoms with E-state index in [1.165, 1.54) is 5.56 Å². The van der Waals surface area contributed by atoms with Crippen molar-refractivity contribution in [1.82, 2.24) is 4.31 Å². The molecule has 0 bridgehead atoms. The number of sulfonamides is 1. The minimum atomic E-state index is -3.74. The lowest BCUT2D eigenvalue weighted by Crippen LogP contribution is -2.53. The summed E-state index contributed by atoms with van der Waals surface area (Å²) in [5.74, 6) is 0.123. The van der Waals surface area contributed by atoms with E-state index in [9.17, 15) is 13.2 Å². The molecule has 0 radical (unpaired) electrons. The van der Waals surface area contributed by atoms with Crippen LogP contribution in [0.4, 0.5) is 11.4 Å². The van der Waals surface area contributed by atoms with E-state index in [1.54, 1.807) is 15.3 Å². The number of benzene rings is 2. The van der Waals surface area contributed by atoms with Gasteiger partial charge in [0.2, 0.25) is 15.9 Å². The average molecular weight is 518 g/mol.